The summed E-state index contributed by atoms with van der Waals surface area (Å²) in [5.74, 6) is 4.07. The van der Waals surface area contributed by atoms with Gasteiger partial charge in [-0.1, -0.05) is 141 Å². The van der Waals surface area contributed by atoms with Crippen LogP contribution in [-0.2, 0) is 11.2 Å². The number of fused-ring (bicyclic) bond motifs is 1. The summed E-state index contributed by atoms with van der Waals surface area (Å²) in [5.41, 5.74) is 9.43. The van der Waals surface area contributed by atoms with Gasteiger partial charge in [0.25, 0.3) is 0 Å². The zero-order chi connectivity index (χ0) is 39.0. The largest absolute Gasteiger partial charge is 0.490 e. The van der Waals surface area contributed by atoms with Crippen LogP contribution in [0.4, 0.5) is 0 Å². The van der Waals surface area contributed by atoms with Crippen molar-refractivity contribution in [3.63, 3.8) is 0 Å². The molecule has 0 N–H and O–H groups in total. The van der Waals surface area contributed by atoms with E-state index < -0.39 is 0 Å². The number of hydrogen-bond donors (Lipinski definition) is 0. The number of ether oxygens (including phenoxy) is 2. The third-order valence-electron chi connectivity index (χ3n) is 11.4. The average molecular weight is 715 g/mol. The smallest absolute Gasteiger partial charge is 0.336 e. The average Bonchev–Trinajstić information content (AvgIpc) is 3.05. The topological polar surface area (TPSA) is 35.5 Å². The van der Waals surface area contributed by atoms with Gasteiger partial charge in [-0.2, -0.15) is 0 Å². The van der Waals surface area contributed by atoms with Crippen LogP contribution in [0.15, 0.2) is 58.7 Å². The lowest BCUT2D eigenvalue weighted by molar-refractivity contribution is -0.129. The highest BCUT2D eigenvalue weighted by molar-refractivity contribution is 5.86. The molecule has 1 aliphatic heterocycles. The van der Waals surface area contributed by atoms with Gasteiger partial charge in [-0.15, -0.1) is 0 Å². The molecule has 0 radical (unpaired) electrons. The second-order valence-electron chi connectivity index (χ2n) is 17.6. The summed E-state index contributed by atoms with van der Waals surface area (Å²) in [7, 11) is 0. The molecule has 2 aliphatic rings. The fourth-order valence-electron chi connectivity index (χ4n) is 7.84. The summed E-state index contributed by atoms with van der Waals surface area (Å²) >= 11 is 0. The molecule has 1 heterocycles. The molecule has 52 heavy (non-hydrogen) atoms. The summed E-state index contributed by atoms with van der Waals surface area (Å²) < 4.78 is 12.0. The fourth-order valence-corrected chi connectivity index (χ4v) is 7.84. The van der Waals surface area contributed by atoms with Crippen molar-refractivity contribution >= 4 is 5.97 Å². The van der Waals surface area contributed by atoms with Gasteiger partial charge >= 0.3 is 5.97 Å². The minimum Gasteiger partial charge on any atom is -0.490 e. The van der Waals surface area contributed by atoms with Gasteiger partial charge < -0.3 is 9.47 Å². The van der Waals surface area contributed by atoms with Gasteiger partial charge in [-0.3, -0.25) is 0 Å². The first-order valence-electron chi connectivity index (χ1n) is 20.9. The summed E-state index contributed by atoms with van der Waals surface area (Å²) in [6.45, 7) is 30.9. The van der Waals surface area contributed by atoms with Crippen molar-refractivity contribution in [2.24, 2.45) is 23.2 Å². The van der Waals surface area contributed by atoms with E-state index in [9.17, 15) is 4.79 Å². The SMILES string of the molecule is CC1=C(/C=C/C(C)=C/C=C/C(C)=C/C(=O)Oc2c(C)c(C)c3c(c2C)CCC(C)O3)C(C)(C)CCC1.CCCC(C)CCCC(C)CCCC(C)C. The van der Waals surface area contributed by atoms with E-state index in [-0.39, 0.29) is 17.5 Å². The van der Waals surface area contributed by atoms with Crippen molar-refractivity contribution in [1.82, 2.24) is 0 Å². The number of carbonyl (C=O) groups is 1. The molecule has 3 unspecified atom stereocenters. The number of rotatable bonds is 16. The predicted molar refractivity (Wildman–Crippen MR) is 227 cm³/mol. The Kier molecular flexibility index (Phi) is 19.5. The van der Waals surface area contributed by atoms with Crippen LogP contribution in [0.1, 0.15) is 175 Å². The van der Waals surface area contributed by atoms with Gasteiger partial charge in [-0.25, -0.2) is 4.79 Å². The highest BCUT2D eigenvalue weighted by atomic mass is 16.5. The lowest BCUT2D eigenvalue weighted by Crippen LogP contribution is -2.21. The van der Waals surface area contributed by atoms with Crippen molar-refractivity contribution in [1.29, 1.82) is 0 Å². The van der Waals surface area contributed by atoms with Crippen molar-refractivity contribution in [2.75, 3.05) is 0 Å². The van der Waals surface area contributed by atoms with Crippen LogP contribution in [0.2, 0.25) is 0 Å². The van der Waals surface area contributed by atoms with Crippen molar-refractivity contribution in [3.05, 3.63) is 81.0 Å². The molecule has 1 aromatic rings. The first-order valence-corrected chi connectivity index (χ1v) is 20.9. The van der Waals surface area contributed by atoms with Gasteiger partial charge in [0.05, 0.1) is 6.10 Å². The first kappa shape index (κ1) is 45.3. The molecule has 1 aliphatic carbocycles. The highest BCUT2D eigenvalue weighted by Gasteiger charge is 2.27. The monoisotopic (exact) mass is 715 g/mol. The van der Waals surface area contributed by atoms with Crippen LogP contribution in [0.5, 0.6) is 11.5 Å². The van der Waals surface area contributed by atoms with Crippen molar-refractivity contribution in [2.45, 2.75) is 187 Å². The van der Waals surface area contributed by atoms with E-state index in [1.165, 1.54) is 87.3 Å². The van der Waals surface area contributed by atoms with Gasteiger partial charge in [-0.05, 0) is 132 Å². The highest BCUT2D eigenvalue weighted by Crippen LogP contribution is 2.42. The normalized spacial score (nSPS) is 19.0. The number of esters is 1. The molecule has 0 aromatic heterocycles. The molecular weight excluding hydrogens is 637 g/mol. The van der Waals surface area contributed by atoms with E-state index in [4.69, 9.17) is 9.47 Å². The van der Waals surface area contributed by atoms with Gasteiger partial charge in [0.15, 0.2) is 0 Å². The Morgan fingerprint density at radius 2 is 1.50 bits per heavy atom. The minimum atomic E-state index is -0.352. The van der Waals surface area contributed by atoms with E-state index in [1.54, 1.807) is 6.08 Å². The van der Waals surface area contributed by atoms with Crippen LogP contribution in [0.3, 0.4) is 0 Å². The molecule has 3 rings (SSSR count). The van der Waals surface area contributed by atoms with E-state index in [2.05, 4.69) is 87.5 Å². The van der Waals surface area contributed by atoms with Crippen LogP contribution in [0.25, 0.3) is 0 Å². The molecule has 3 atom stereocenters. The minimum absolute atomic E-state index is 0.217. The first-order chi connectivity index (χ1) is 24.5. The predicted octanol–water partition coefficient (Wildman–Crippen LogP) is 14.8. The fraction of sp³-hybridized carbons (Fsp3) is 0.653. The number of allylic oxidation sites excluding steroid dienone is 9. The number of hydrogen-bond acceptors (Lipinski definition) is 3. The molecule has 0 saturated carbocycles. The maximum Gasteiger partial charge on any atom is 0.336 e. The van der Waals surface area contributed by atoms with Crippen LogP contribution in [0, 0.1) is 43.9 Å². The standard InChI is InChI=1S/C33H44O3.C16H34/c1-21(15-18-29-23(3)14-11-19-33(29,8)9)12-10-13-22(2)20-30(34)36-31-25(5)26(6)32-28(27(31)7)17-16-24(4)35-32;1-6-9-15(4)12-8-13-16(5)11-7-10-14(2)3/h10,12-13,15,18,20,24H,11,14,16-17,19H2,1-9H3;14-16H,6-13H2,1-5H3/b13-10+,18-15+,21-12+,22-20+;. The quantitative estimate of drug-likeness (QED) is 0.0740. The summed E-state index contributed by atoms with van der Waals surface area (Å²) in [5, 5.41) is 0. The molecular formula is C49H78O3. The molecule has 292 valence electrons. The maximum atomic E-state index is 12.7. The Balaban J connectivity index is 0.000000493. The summed E-state index contributed by atoms with van der Waals surface area (Å²) in [6, 6.07) is 0. The van der Waals surface area contributed by atoms with Crippen molar-refractivity contribution < 1.29 is 14.3 Å². The van der Waals surface area contributed by atoms with Gasteiger partial charge in [0.1, 0.15) is 11.5 Å². The van der Waals surface area contributed by atoms with E-state index in [1.807, 2.05) is 39.8 Å². The Bertz CT molecular complexity index is 1440. The van der Waals surface area contributed by atoms with Crippen LogP contribution >= 0.6 is 0 Å². The third-order valence-corrected chi connectivity index (χ3v) is 11.4. The van der Waals surface area contributed by atoms with E-state index >= 15 is 0 Å². The van der Waals surface area contributed by atoms with Crippen LogP contribution < -0.4 is 9.47 Å². The summed E-state index contributed by atoms with van der Waals surface area (Å²) in [4.78, 5) is 12.7. The molecule has 0 bridgehead atoms. The lowest BCUT2D eigenvalue weighted by atomic mass is 9.72. The number of benzene rings is 1. The Morgan fingerprint density at radius 3 is 2.12 bits per heavy atom. The Morgan fingerprint density at radius 1 is 0.865 bits per heavy atom. The zero-order valence-corrected chi connectivity index (χ0v) is 36.2. The van der Waals surface area contributed by atoms with Gasteiger partial charge in [0, 0.05) is 11.6 Å². The molecule has 0 fully saturated rings. The lowest BCUT2D eigenvalue weighted by Gasteiger charge is -2.32. The summed E-state index contributed by atoms with van der Waals surface area (Å²) in [6.07, 6.45) is 29.3. The molecule has 3 heteroatoms. The third kappa shape index (κ3) is 15.3. The second kappa shape index (κ2) is 22.4. The molecule has 0 amide bonds. The van der Waals surface area contributed by atoms with Gasteiger partial charge in [0.2, 0.25) is 0 Å². The maximum absolute atomic E-state index is 12.7. The molecule has 0 spiro atoms. The Hall–Kier alpha value is -2.81. The van der Waals surface area contributed by atoms with E-state index in [0.29, 0.717) is 5.75 Å². The zero-order valence-electron chi connectivity index (χ0n) is 36.2. The second-order valence-corrected chi connectivity index (χ2v) is 17.6. The Labute approximate surface area is 321 Å². The number of carbonyl (C=O) groups excluding carboxylic acids is 1. The molecule has 0 saturated heterocycles. The van der Waals surface area contributed by atoms with Crippen molar-refractivity contribution in [3.8, 4) is 11.5 Å². The molecule has 3 nitrogen and oxygen atoms in total. The van der Waals surface area contributed by atoms with Crippen LogP contribution in [-0.4, -0.2) is 12.1 Å². The molecule has 1 aromatic carbocycles. The van der Waals surface area contributed by atoms with E-state index in [0.717, 1.165) is 64.2 Å².